The summed E-state index contributed by atoms with van der Waals surface area (Å²) >= 11 is 0. The summed E-state index contributed by atoms with van der Waals surface area (Å²) in [5.74, 6) is 0. The third-order valence-electron chi connectivity index (χ3n) is 3.41. The van der Waals surface area contributed by atoms with Gasteiger partial charge in [-0.3, -0.25) is 0 Å². The average molecular weight is 233 g/mol. The van der Waals surface area contributed by atoms with E-state index in [4.69, 9.17) is 5.73 Å². The van der Waals surface area contributed by atoms with E-state index in [0.29, 0.717) is 6.54 Å². The zero-order valence-corrected chi connectivity index (χ0v) is 10.7. The molecule has 0 aliphatic carbocycles. The van der Waals surface area contributed by atoms with Gasteiger partial charge in [-0.15, -0.1) is 0 Å². The maximum atomic E-state index is 5.87. The zero-order chi connectivity index (χ0) is 12.1. The Hall–Kier alpha value is -0.900. The van der Waals surface area contributed by atoms with Crippen molar-refractivity contribution in [3.05, 3.63) is 35.4 Å². The van der Waals surface area contributed by atoms with E-state index in [0.717, 1.165) is 13.1 Å². The Morgan fingerprint density at radius 1 is 1.18 bits per heavy atom. The number of nitrogens with zero attached hydrogens (tertiary/aromatic N) is 1. The summed E-state index contributed by atoms with van der Waals surface area (Å²) in [5, 5.41) is 2.32. The van der Waals surface area contributed by atoms with Crippen molar-refractivity contribution in [2.24, 2.45) is 5.73 Å². The van der Waals surface area contributed by atoms with Crippen LogP contribution in [0.5, 0.6) is 0 Å². The van der Waals surface area contributed by atoms with E-state index in [1.165, 1.54) is 30.4 Å². The summed E-state index contributed by atoms with van der Waals surface area (Å²) in [5.41, 5.74) is 12.0. The lowest BCUT2D eigenvalue weighted by Crippen LogP contribution is -2.45. The number of hydrogen-bond acceptors (Lipinski definition) is 3. The van der Waals surface area contributed by atoms with Crippen LogP contribution in [0.15, 0.2) is 24.3 Å². The molecule has 1 aliphatic heterocycles. The van der Waals surface area contributed by atoms with Crippen LogP contribution >= 0.6 is 0 Å². The van der Waals surface area contributed by atoms with Crippen molar-refractivity contribution in [1.82, 2.24) is 10.4 Å². The number of piperidine rings is 1. The summed E-state index contributed by atoms with van der Waals surface area (Å²) in [4.78, 5) is 0. The number of rotatable bonds is 4. The van der Waals surface area contributed by atoms with Crippen LogP contribution in [0.1, 0.15) is 36.4 Å². The van der Waals surface area contributed by atoms with Crippen LogP contribution in [0.4, 0.5) is 0 Å². The van der Waals surface area contributed by atoms with E-state index in [9.17, 15) is 0 Å². The van der Waals surface area contributed by atoms with Gasteiger partial charge in [0.25, 0.3) is 0 Å². The molecule has 0 radical (unpaired) electrons. The Morgan fingerprint density at radius 3 is 2.41 bits per heavy atom. The third-order valence-corrected chi connectivity index (χ3v) is 3.41. The van der Waals surface area contributed by atoms with Crippen molar-refractivity contribution in [2.45, 2.75) is 32.2 Å². The summed E-state index contributed by atoms with van der Waals surface area (Å²) in [6.45, 7) is 5.03. The van der Waals surface area contributed by atoms with Crippen molar-refractivity contribution in [3.8, 4) is 0 Å². The molecular weight excluding hydrogens is 210 g/mol. The summed E-state index contributed by atoms with van der Waals surface area (Å²) in [6.07, 6.45) is 3.94. The van der Waals surface area contributed by atoms with E-state index in [1.807, 2.05) is 0 Å². The van der Waals surface area contributed by atoms with Gasteiger partial charge >= 0.3 is 0 Å². The fourth-order valence-corrected chi connectivity index (χ4v) is 2.31. The summed E-state index contributed by atoms with van der Waals surface area (Å²) in [6, 6.07) is 8.88. The molecule has 1 saturated heterocycles. The van der Waals surface area contributed by atoms with Crippen molar-refractivity contribution in [3.63, 3.8) is 0 Å². The first-order valence-electron chi connectivity index (χ1n) is 6.57. The standard InChI is InChI=1S/C14H23N3/c1-12-5-7-13(8-6-12)14(11-15)16-17-9-3-2-4-10-17/h5-8,14,16H,2-4,9-11,15H2,1H3. The topological polar surface area (TPSA) is 41.3 Å². The number of benzene rings is 1. The molecule has 0 amide bonds. The van der Waals surface area contributed by atoms with Crippen molar-refractivity contribution < 1.29 is 0 Å². The van der Waals surface area contributed by atoms with E-state index in [1.54, 1.807) is 0 Å². The van der Waals surface area contributed by atoms with E-state index >= 15 is 0 Å². The first-order valence-corrected chi connectivity index (χ1v) is 6.57. The van der Waals surface area contributed by atoms with Gasteiger partial charge in [0, 0.05) is 19.6 Å². The van der Waals surface area contributed by atoms with Crippen LogP contribution in [0.3, 0.4) is 0 Å². The second-order valence-corrected chi connectivity index (χ2v) is 4.88. The maximum absolute atomic E-state index is 5.87. The summed E-state index contributed by atoms with van der Waals surface area (Å²) in [7, 11) is 0. The second-order valence-electron chi connectivity index (χ2n) is 4.88. The monoisotopic (exact) mass is 233 g/mol. The Morgan fingerprint density at radius 2 is 1.82 bits per heavy atom. The molecule has 0 bridgehead atoms. The molecule has 0 aromatic heterocycles. The van der Waals surface area contributed by atoms with Crippen LogP contribution in [0.25, 0.3) is 0 Å². The molecule has 3 heteroatoms. The maximum Gasteiger partial charge on any atom is 0.0587 e. The van der Waals surface area contributed by atoms with Crippen LogP contribution in [0, 0.1) is 6.92 Å². The summed E-state index contributed by atoms with van der Waals surface area (Å²) < 4.78 is 0. The molecule has 0 saturated carbocycles. The normalized spacial score (nSPS) is 19.2. The van der Waals surface area contributed by atoms with Gasteiger partial charge in [0.1, 0.15) is 0 Å². The second kappa shape index (κ2) is 6.15. The Bertz CT molecular complexity index is 328. The molecule has 0 spiro atoms. The molecule has 1 unspecified atom stereocenters. The van der Waals surface area contributed by atoms with Gasteiger partial charge in [0.15, 0.2) is 0 Å². The molecule has 1 atom stereocenters. The molecule has 1 fully saturated rings. The quantitative estimate of drug-likeness (QED) is 0.835. The highest BCUT2D eigenvalue weighted by Crippen LogP contribution is 2.15. The van der Waals surface area contributed by atoms with Gasteiger partial charge in [0.05, 0.1) is 6.04 Å². The molecule has 1 aromatic carbocycles. The minimum absolute atomic E-state index is 0.244. The fraction of sp³-hybridized carbons (Fsp3) is 0.571. The van der Waals surface area contributed by atoms with Crippen molar-refractivity contribution >= 4 is 0 Å². The molecule has 3 N–H and O–H groups in total. The van der Waals surface area contributed by atoms with Crippen LogP contribution < -0.4 is 11.2 Å². The minimum Gasteiger partial charge on any atom is -0.329 e. The number of hydrazine groups is 1. The van der Waals surface area contributed by atoms with Gasteiger partial charge in [-0.1, -0.05) is 36.2 Å². The fourth-order valence-electron chi connectivity index (χ4n) is 2.31. The van der Waals surface area contributed by atoms with Gasteiger partial charge in [-0.25, -0.2) is 10.4 Å². The SMILES string of the molecule is Cc1ccc(C(CN)NN2CCCCC2)cc1. The van der Waals surface area contributed by atoms with Crippen molar-refractivity contribution in [1.29, 1.82) is 0 Å². The molecule has 2 rings (SSSR count). The lowest BCUT2D eigenvalue weighted by molar-refractivity contribution is 0.130. The van der Waals surface area contributed by atoms with Gasteiger partial charge in [-0.2, -0.15) is 0 Å². The predicted molar refractivity (Wildman–Crippen MR) is 71.5 cm³/mol. The molecule has 1 aromatic rings. The Labute approximate surface area is 104 Å². The average Bonchev–Trinajstić information content (AvgIpc) is 2.38. The third kappa shape index (κ3) is 3.53. The predicted octanol–water partition coefficient (Wildman–Crippen LogP) is 1.99. The van der Waals surface area contributed by atoms with Crippen molar-refractivity contribution in [2.75, 3.05) is 19.6 Å². The molecule has 1 aliphatic rings. The number of hydrogen-bond donors (Lipinski definition) is 2. The number of nitrogens with one attached hydrogen (secondary N) is 1. The van der Waals surface area contributed by atoms with Crippen LogP contribution in [0.2, 0.25) is 0 Å². The van der Waals surface area contributed by atoms with Crippen LogP contribution in [-0.4, -0.2) is 24.6 Å². The van der Waals surface area contributed by atoms with E-state index in [-0.39, 0.29) is 6.04 Å². The number of aryl methyl sites for hydroxylation is 1. The molecule has 3 nitrogen and oxygen atoms in total. The molecule has 94 valence electrons. The Kier molecular flexibility index (Phi) is 4.54. The van der Waals surface area contributed by atoms with Gasteiger partial charge < -0.3 is 5.73 Å². The lowest BCUT2D eigenvalue weighted by Gasteiger charge is -2.31. The van der Waals surface area contributed by atoms with Gasteiger partial charge in [-0.05, 0) is 25.3 Å². The van der Waals surface area contributed by atoms with E-state index < -0.39 is 0 Å². The smallest absolute Gasteiger partial charge is 0.0587 e. The highest BCUT2D eigenvalue weighted by molar-refractivity contribution is 5.24. The van der Waals surface area contributed by atoms with Crippen LogP contribution in [-0.2, 0) is 0 Å². The highest BCUT2D eigenvalue weighted by Gasteiger charge is 2.15. The van der Waals surface area contributed by atoms with E-state index in [2.05, 4.69) is 41.6 Å². The zero-order valence-electron chi connectivity index (χ0n) is 10.7. The molecular formula is C14H23N3. The minimum atomic E-state index is 0.244. The highest BCUT2D eigenvalue weighted by atomic mass is 15.5. The first-order chi connectivity index (χ1) is 8.29. The Balaban J connectivity index is 1.97. The van der Waals surface area contributed by atoms with Gasteiger partial charge in [0.2, 0.25) is 0 Å². The molecule has 17 heavy (non-hydrogen) atoms. The largest absolute Gasteiger partial charge is 0.329 e. The molecule has 1 heterocycles. The first kappa shape index (κ1) is 12.6. The number of nitrogens with two attached hydrogens (primary N) is 1. The lowest BCUT2D eigenvalue weighted by atomic mass is 10.1.